The van der Waals surface area contributed by atoms with Gasteiger partial charge in [0, 0.05) is 17.8 Å². The Bertz CT molecular complexity index is 944. The molecule has 3 aromatic rings. The molecule has 0 atom stereocenters. The predicted molar refractivity (Wildman–Crippen MR) is 110 cm³/mol. The third kappa shape index (κ3) is 5.59. The van der Waals surface area contributed by atoms with Crippen LogP contribution in [0.1, 0.15) is 15.9 Å². The molecule has 2 N–H and O–H groups in total. The van der Waals surface area contributed by atoms with Gasteiger partial charge in [0.2, 0.25) is 0 Å². The molecular weight excluding hydrogens is 376 g/mol. The summed E-state index contributed by atoms with van der Waals surface area (Å²) in [6, 6.07) is 23.3. The molecule has 0 radical (unpaired) electrons. The highest BCUT2D eigenvalue weighted by Gasteiger charge is 2.08. The molecule has 0 unspecified atom stereocenters. The molecule has 0 bridgehead atoms. The van der Waals surface area contributed by atoms with Crippen LogP contribution in [0.4, 0.5) is 5.69 Å². The van der Waals surface area contributed by atoms with Crippen molar-refractivity contribution >= 4 is 29.1 Å². The number of hydrogen-bond donors (Lipinski definition) is 2. The molecular formula is C22H19ClN2O3. The summed E-state index contributed by atoms with van der Waals surface area (Å²) < 4.78 is 5.40. The van der Waals surface area contributed by atoms with E-state index in [4.69, 9.17) is 16.3 Å². The summed E-state index contributed by atoms with van der Waals surface area (Å²) in [5, 5.41) is 6.02. The Labute approximate surface area is 168 Å². The van der Waals surface area contributed by atoms with Crippen molar-refractivity contribution in [2.24, 2.45) is 0 Å². The van der Waals surface area contributed by atoms with Crippen LogP contribution in [0.3, 0.4) is 0 Å². The molecule has 0 heterocycles. The molecule has 0 aromatic heterocycles. The van der Waals surface area contributed by atoms with Crippen LogP contribution in [0.15, 0.2) is 78.9 Å². The van der Waals surface area contributed by atoms with Crippen LogP contribution >= 0.6 is 11.6 Å². The highest BCUT2D eigenvalue weighted by molar-refractivity contribution is 6.32. The minimum atomic E-state index is -0.318. The van der Waals surface area contributed by atoms with Gasteiger partial charge in [-0.05, 0) is 42.0 Å². The number of anilines is 1. The highest BCUT2D eigenvalue weighted by atomic mass is 35.5. The van der Waals surface area contributed by atoms with Crippen molar-refractivity contribution in [1.82, 2.24) is 5.32 Å². The summed E-state index contributed by atoms with van der Waals surface area (Å²) in [6.07, 6.45) is 0. The monoisotopic (exact) mass is 394 g/mol. The lowest BCUT2D eigenvalue weighted by Gasteiger charge is -2.09. The number of ether oxygens (including phenoxy) is 1. The summed E-state index contributed by atoms with van der Waals surface area (Å²) in [5.41, 5.74) is 2.12. The van der Waals surface area contributed by atoms with Gasteiger partial charge in [0.1, 0.15) is 5.75 Å². The number of para-hydroxylation sites is 1. The normalized spacial score (nSPS) is 10.2. The largest absolute Gasteiger partial charge is 0.482 e. The minimum absolute atomic E-state index is 0.164. The van der Waals surface area contributed by atoms with E-state index in [-0.39, 0.29) is 18.4 Å². The van der Waals surface area contributed by atoms with Crippen molar-refractivity contribution < 1.29 is 14.3 Å². The first kappa shape index (κ1) is 19.5. The minimum Gasteiger partial charge on any atom is -0.482 e. The van der Waals surface area contributed by atoms with Crippen molar-refractivity contribution in [3.05, 3.63) is 95.0 Å². The van der Waals surface area contributed by atoms with Crippen molar-refractivity contribution in [3.63, 3.8) is 0 Å². The molecule has 0 spiro atoms. The van der Waals surface area contributed by atoms with Crippen LogP contribution in [0.5, 0.6) is 5.75 Å². The summed E-state index contributed by atoms with van der Waals surface area (Å²) in [4.78, 5) is 24.2. The second kappa shape index (κ2) is 9.58. The first-order chi connectivity index (χ1) is 13.6. The van der Waals surface area contributed by atoms with E-state index in [9.17, 15) is 9.59 Å². The fourth-order valence-corrected chi connectivity index (χ4v) is 2.68. The number of amides is 2. The van der Waals surface area contributed by atoms with Crippen molar-refractivity contribution in [1.29, 1.82) is 0 Å². The number of benzene rings is 3. The Morgan fingerprint density at radius 1 is 0.857 bits per heavy atom. The van der Waals surface area contributed by atoms with Crippen LogP contribution in [0.25, 0.3) is 0 Å². The Balaban J connectivity index is 1.49. The molecule has 0 saturated carbocycles. The SMILES string of the molecule is O=C(COc1ccccc1Cl)Nc1ccc(C(=O)NCc2ccccc2)cc1. The van der Waals surface area contributed by atoms with Crippen molar-refractivity contribution in [2.45, 2.75) is 6.54 Å². The number of carbonyl (C=O) groups excluding carboxylic acids is 2. The average molecular weight is 395 g/mol. The molecule has 0 fully saturated rings. The zero-order valence-corrected chi connectivity index (χ0v) is 15.8. The smallest absolute Gasteiger partial charge is 0.262 e. The maximum atomic E-state index is 12.2. The average Bonchev–Trinajstić information content (AvgIpc) is 2.73. The molecule has 28 heavy (non-hydrogen) atoms. The lowest BCUT2D eigenvalue weighted by atomic mass is 10.1. The highest BCUT2D eigenvalue weighted by Crippen LogP contribution is 2.23. The zero-order chi connectivity index (χ0) is 19.8. The van der Waals surface area contributed by atoms with Gasteiger partial charge in [0.15, 0.2) is 6.61 Å². The lowest BCUT2D eigenvalue weighted by molar-refractivity contribution is -0.118. The third-order valence-electron chi connectivity index (χ3n) is 3.92. The van der Waals surface area contributed by atoms with E-state index >= 15 is 0 Å². The number of carbonyl (C=O) groups is 2. The maximum absolute atomic E-state index is 12.2. The van der Waals surface area contributed by atoms with Crippen molar-refractivity contribution in [3.8, 4) is 5.75 Å². The van der Waals surface area contributed by atoms with Gasteiger partial charge < -0.3 is 15.4 Å². The quantitative estimate of drug-likeness (QED) is 0.628. The van der Waals surface area contributed by atoms with Gasteiger partial charge in [-0.15, -0.1) is 0 Å². The van der Waals surface area contributed by atoms with Crippen molar-refractivity contribution in [2.75, 3.05) is 11.9 Å². The summed E-state index contributed by atoms with van der Waals surface area (Å²) in [7, 11) is 0. The topological polar surface area (TPSA) is 67.4 Å². The second-order valence-electron chi connectivity index (χ2n) is 6.01. The predicted octanol–water partition coefficient (Wildman–Crippen LogP) is 4.29. The third-order valence-corrected chi connectivity index (χ3v) is 4.23. The second-order valence-corrected chi connectivity index (χ2v) is 6.42. The maximum Gasteiger partial charge on any atom is 0.262 e. The van der Waals surface area contributed by atoms with Crippen LogP contribution in [-0.2, 0) is 11.3 Å². The fraction of sp³-hybridized carbons (Fsp3) is 0.0909. The number of hydrogen-bond acceptors (Lipinski definition) is 3. The number of nitrogens with one attached hydrogen (secondary N) is 2. The number of rotatable bonds is 7. The Morgan fingerprint density at radius 2 is 1.54 bits per heavy atom. The molecule has 0 aliphatic carbocycles. The molecule has 142 valence electrons. The molecule has 3 rings (SSSR count). The van der Waals surface area contributed by atoms with Crippen LogP contribution in [-0.4, -0.2) is 18.4 Å². The molecule has 0 saturated heterocycles. The lowest BCUT2D eigenvalue weighted by Crippen LogP contribution is -2.23. The van der Waals surface area contributed by atoms with Gasteiger partial charge in [0.25, 0.3) is 11.8 Å². The van der Waals surface area contributed by atoms with Gasteiger partial charge >= 0.3 is 0 Å². The molecule has 2 amide bonds. The van der Waals surface area contributed by atoms with Gasteiger partial charge in [-0.25, -0.2) is 0 Å². The fourth-order valence-electron chi connectivity index (χ4n) is 2.49. The number of halogens is 1. The van der Waals surface area contributed by atoms with Gasteiger partial charge in [0.05, 0.1) is 5.02 Å². The van der Waals surface area contributed by atoms with E-state index in [2.05, 4.69) is 10.6 Å². The molecule has 6 heteroatoms. The Hall–Kier alpha value is -3.31. The zero-order valence-electron chi connectivity index (χ0n) is 15.0. The van der Waals surface area contributed by atoms with E-state index < -0.39 is 0 Å². The summed E-state index contributed by atoms with van der Waals surface area (Å²) in [5.74, 6) is -0.0465. The van der Waals surface area contributed by atoms with E-state index in [1.807, 2.05) is 30.3 Å². The molecule has 0 aliphatic heterocycles. The van der Waals surface area contributed by atoms with Gasteiger partial charge in [-0.3, -0.25) is 9.59 Å². The van der Waals surface area contributed by atoms with Crippen LogP contribution in [0, 0.1) is 0 Å². The van der Waals surface area contributed by atoms with E-state index in [1.165, 1.54) is 0 Å². The first-order valence-corrected chi connectivity index (χ1v) is 9.09. The van der Waals surface area contributed by atoms with E-state index in [0.717, 1.165) is 5.56 Å². The van der Waals surface area contributed by atoms with Crippen LogP contribution in [0.2, 0.25) is 5.02 Å². The van der Waals surface area contributed by atoms with E-state index in [0.29, 0.717) is 28.6 Å². The summed E-state index contributed by atoms with van der Waals surface area (Å²) in [6.45, 7) is 0.292. The molecule has 0 aliphatic rings. The van der Waals surface area contributed by atoms with E-state index in [1.54, 1.807) is 48.5 Å². The standard InChI is InChI=1S/C22H19ClN2O3/c23-19-8-4-5-9-20(19)28-15-21(26)25-18-12-10-17(11-13-18)22(27)24-14-16-6-2-1-3-7-16/h1-13H,14-15H2,(H,24,27)(H,25,26). The molecule has 3 aromatic carbocycles. The summed E-state index contributed by atoms with van der Waals surface area (Å²) >= 11 is 5.99. The van der Waals surface area contributed by atoms with Crippen LogP contribution < -0.4 is 15.4 Å². The Kier molecular flexibility index (Phi) is 6.65. The Morgan fingerprint density at radius 3 is 2.25 bits per heavy atom. The van der Waals surface area contributed by atoms with Gasteiger partial charge in [-0.2, -0.15) is 0 Å². The molecule has 5 nitrogen and oxygen atoms in total. The first-order valence-electron chi connectivity index (χ1n) is 8.71. The van der Waals surface area contributed by atoms with Gasteiger partial charge in [-0.1, -0.05) is 54.1 Å².